The predicted octanol–water partition coefficient (Wildman–Crippen LogP) is 3.14. The van der Waals surface area contributed by atoms with Gasteiger partial charge in [-0.2, -0.15) is 0 Å². The Kier molecular flexibility index (Phi) is 5.30. The zero-order valence-electron chi connectivity index (χ0n) is 14.4. The van der Waals surface area contributed by atoms with Gasteiger partial charge in [0.2, 0.25) is 0 Å². The molecular weight excluding hydrogens is 302 g/mol. The molecule has 1 N–H and O–H groups in total. The third kappa shape index (κ3) is 3.51. The van der Waals surface area contributed by atoms with E-state index in [-0.39, 0.29) is 6.10 Å². The van der Waals surface area contributed by atoms with Crippen molar-refractivity contribution >= 4 is 5.82 Å². The monoisotopic (exact) mass is 327 g/mol. The molecule has 0 saturated carbocycles. The van der Waals surface area contributed by atoms with Gasteiger partial charge in [0.15, 0.2) is 5.82 Å². The van der Waals surface area contributed by atoms with E-state index >= 15 is 0 Å². The van der Waals surface area contributed by atoms with Crippen LogP contribution in [0.2, 0.25) is 0 Å². The number of hydrogen-bond donors (Lipinski definition) is 1. The summed E-state index contributed by atoms with van der Waals surface area (Å²) in [5.41, 5.74) is 1.76. The standard InChI is InChI=1S/C19H25N3O2/c1-3-17(23)14-10-12-22(13-11-14)19-9-8-16(20-21-19)15-6-4-5-7-18(15)24-2/h4-9,14,17,23H,3,10-13H2,1-2H3/t17-/m1/s1. The number of aliphatic hydroxyl groups is 1. The van der Waals surface area contributed by atoms with Crippen LogP contribution in [0.4, 0.5) is 5.82 Å². The van der Waals surface area contributed by atoms with Crippen LogP contribution in [0.15, 0.2) is 36.4 Å². The van der Waals surface area contributed by atoms with Gasteiger partial charge in [0, 0.05) is 18.7 Å². The van der Waals surface area contributed by atoms with Crippen molar-refractivity contribution in [3.63, 3.8) is 0 Å². The van der Waals surface area contributed by atoms with Gasteiger partial charge < -0.3 is 14.7 Å². The van der Waals surface area contributed by atoms with Crippen LogP contribution in [0.25, 0.3) is 11.3 Å². The van der Waals surface area contributed by atoms with Gasteiger partial charge in [-0.1, -0.05) is 19.1 Å². The van der Waals surface area contributed by atoms with E-state index in [1.807, 2.05) is 43.3 Å². The van der Waals surface area contributed by atoms with Gasteiger partial charge in [-0.3, -0.25) is 0 Å². The van der Waals surface area contributed by atoms with Crippen molar-refractivity contribution in [2.75, 3.05) is 25.1 Å². The highest BCUT2D eigenvalue weighted by atomic mass is 16.5. The zero-order valence-corrected chi connectivity index (χ0v) is 14.4. The maximum Gasteiger partial charge on any atom is 0.151 e. The summed E-state index contributed by atoms with van der Waals surface area (Å²) in [6.07, 6.45) is 2.67. The summed E-state index contributed by atoms with van der Waals surface area (Å²) >= 11 is 0. The number of piperidine rings is 1. The molecule has 1 aromatic heterocycles. The first kappa shape index (κ1) is 16.7. The van der Waals surface area contributed by atoms with Crippen LogP contribution in [0.3, 0.4) is 0 Å². The number of aliphatic hydroxyl groups excluding tert-OH is 1. The molecule has 5 heteroatoms. The minimum Gasteiger partial charge on any atom is -0.496 e. The minimum atomic E-state index is -0.175. The number of hydrogen-bond acceptors (Lipinski definition) is 5. The zero-order chi connectivity index (χ0) is 16.9. The number of para-hydroxylation sites is 1. The van der Waals surface area contributed by atoms with E-state index in [0.717, 1.165) is 55.2 Å². The normalized spacial score (nSPS) is 16.9. The summed E-state index contributed by atoms with van der Waals surface area (Å²) < 4.78 is 5.39. The van der Waals surface area contributed by atoms with Crippen LogP contribution in [0, 0.1) is 5.92 Å². The summed E-state index contributed by atoms with van der Waals surface area (Å²) in [5, 5.41) is 18.8. The Hall–Kier alpha value is -2.14. The van der Waals surface area contributed by atoms with E-state index in [4.69, 9.17) is 4.74 Å². The molecule has 1 aliphatic heterocycles. The van der Waals surface area contributed by atoms with Gasteiger partial charge in [0.25, 0.3) is 0 Å². The second-order valence-corrected chi connectivity index (χ2v) is 6.28. The van der Waals surface area contributed by atoms with E-state index < -0.39 is 0 Å². The molecule has 1 fully saturated rings. The first-order valence-electron chi connectivity index (χ1n) is 8.63. The molecule has 1 aliphatic rings. The Balaban J connectivity index is 1.69. The fourth-order valence-electron chi connectivity index (χ4n) is 3.34. The largest absolute Gasteiger partial charge is 0.496 e. The number of anilines is 1. The van der Waals surface area contributed by atoms with Gasteiger partial charge in [-0.05, 0) is 49.4 Å². The molecule has 3 rings (SSSR count). The van der Waals surface area contributed by atoms with Crippen molar-refractivity contribution in [2.45, 2.75) is 32.3 Å². The number of aromatic nitrogens is 2. The molecule has 1 saturated heterocycles. The molecule has 0 bridgehead atoms. The number of methoxy groups -OCH3 is 1. The molecule has 0 aliphatic carbocycles. The highest BCUT2D eigenvalue weighted by molar-refractivity contribution is 5.67. The highest BCUT2D eigenvalue weighted by Gasteiger charge is 2.25. The Morgan fingerprint density at radius 2 is 1.92 bits per heavy atom. The highest BCUT2D eigenvalue weighted by Crippen LogP contribution is 2.29. The lowest BCUT2D eigenvalue weighted by Crippen LogP contribution is -2.38. The van der Waals surface area contributed by atoms with Crippen molar-refractivity contribution in [1.82, 2.24) is 10.2 Å². The van der Waals surface area contributed by atoms with Crippen molar-refractivity contribution in [1.29, 1.82) is 0 Å². The van der Waals surface area contributed by atoms with E-state index in [0.29, 0.717) is 5.92 Å². The molecule has 1 atom stereocenters. The predicted molar refractivity (Wildman–Crippen MR) is 95.3 cm³/mol. The Labute approximate surface area is 143 Å². The Morgan fingerprint density at radius 1 is 1.17 bits per heavy atom. The topological polar surface area (TPSA) is 58.5 Å². The van der Waals surface area contributed by atoms with Gasteiger partial charge in [-0.15, -0.1) is 10.2 Å². The molecular formula is C19H25N3O2. The Morgan fingerprint density at radius 3 is 2.54 bits per heavy atom. The summed E-state index contributed by atoms with van der Waals surface area (Å²) in [4.78, 5) is 2.25. The maximum absolute atomic E-state index is 9.99. The lowest BCUT2D eigenvalue weighted by Gasteiger charge is -2.34. The summed E-state index contributed by atoms with van der Waals surface area (Å²) in [6.45, 7) is 3.88. The summed E-state index contributed by atoms with van der Waals surface area (Å²) in [5.74, 6) is 2.11. The lowest BCUT2D eigenvalue weighted by atomic mass is 9.90. The van der Waals surface area contributed by atoms with E-state index in [1.165, 1.54) is 0 Å². The molecule has 0 radical (unpaired) electrons. The van der Waals surface area contributed by atoms with E-state index in [1.54, 1.807) is 7.11 Å². The van der Waals surface area contributed by atoms with Gasteiger partial charge in [0.05, 0.1) is 18.9 Å². The van der Waals surface area contributed by atoms with Crippen LogP contribution >= 0.6 is 0 Å². The van der Waals surface area contributed by atoms with Crippen LogP contribution in [-0.4, -0.2) is 41.6 Å². The average Bonchev–Trinajstić information content (AvgIpc) is 2.67. The minimum absolute atomic E-state index is 0.175. The van der Waals surface area contributed by atoms with Crippen LogP contribution in [0.5, 0.6) is 5.75 Å². The van der Waals surface area contributed by atoms with Gasteiger partial charge in [-0.25, -0.2) is 0 Å². The van der Waals surface area contributed by atoms with E-state index in [2.05, 4.69) is 15.1 Å². The van der Waals surface area contributed by atoms with Crippen LogP contribution in [-0.2, 0) is 0 Å². The third-order valence-corrected chi connectivity index (χ3v) is 4.86. The summed E-state index contributed by atoms with van der Waals surface area (Å²) in [6, 6.07) is 11.8. The summed E-state index contributed by atoms with van der Waals surface area (Å²) in [7, 11) is 1.66. The molecule has 0 amide bonds. The average molecular weight is 327 g/mol. The second kappa shape index (κ2) is 7.62. The Bertz CT molecular complexity index is 652. The third-order valence-electron chi connectivity index (χ3n) is 4.86. The SMILES string of the molecule is CC[C@@H](O)C1CCN(c2ccc(-c3ccccc3OC)nn2)CC1. The molecule has 5 nitrogen and oxygen atoms in total. The molecule has 2 heterocycles. The number of benzene rings is 1. The van der Waals surface area contributed by atoms with Gasteiger partial charge in [0.1, 0.15) is 5.75 Å². The van der Waals surface area contributed by atoms with Crippen molar-refractivity contribution in [3.05, 3.63) is 36.4 Å². The van der Waals surface area contributed by atoms with E-state index in [9.17, 15) is 5.11 Å². The fraction of sp³-hybridized carbons (Fsp3) is 0.474. The number of rotatable bonds is 5. The number of nitrogens with zero attached hydrogens (tertiary/aromatic N) is 3. The van der Waals surface area contributed by atoms with Crippen molar-refractivity contribution in [3.8, 4) is 17.0 Å². The van der Waals surface area contributed by atoms with Crippen LogP contribution < -0.4 is 9.64 Å². The quantitative estimate of drug-likeness (QED) is 0.914. The van der Waals surface area contributed by atoms with Crippen LogP contribution in [0.1, 0.15) is 26.2 Å². The molecule has 1 aromatic carbocycles. The van der Waals surface area contributed by atoms with Gasteiger partial charge >= 0.3 is 0 Å². The molecule has 0 spiro atoms. The maximum atomic E-state index is 9.99. The molecule has 24 heavy (non-hydrogen) atoms. The fourth-order valence-corrected chi connectivity index (χ4v) is 3.34. The van der Waals surface area contributed by atoms with Crippen molar-refractivity contribution < 1.29 is 9.84 Å². The second-order valence-electron chi connectivity index (χ2n) is 6.28. The smallest absolute Gasteiger partial charge is 0.151 e. The molecule has 128 valence electrons. The van der Waals surface area contributed by atoms with Crippen molar-refractivity contribution in [2.24, 2.45) is 5.92 Å². The molecule has 2 aromatic rings. The first-order valence-corrected chi connectivity index (χ1v) is 8.63. The number of ether oxygens (including phenoxy) is 1. The molecule has 0 unspecified atom stereocenters. The first-order chi connectivity index (χ1) is 11.7. The lowest BCUT2D eigenvalue weighted by molar-refractivity contribution is 0.0892.